The van der Waals surface area contributed by atoms with Crippen LogP contribution in [0.25, 0.3) is 0 Å². The Labute approximate surface area is 99.5 Å². The highest BCUT2D eigenvalue weighted by Crippen LogP contribution is 2.17. The van der Waals surface area contributed by atoms with E-state index < -0.39 is 0 Å². The number of nitrogens with one attached hydrogen (secondary N) is 1. The molecule has 0 bridgehead atoms. The third-order valence-electron chi connectivity index (χ3n) is 2.40. The molecule has 0 spiro atoms. The zero-order chi connectivity index (χ0) is 12.3. The van der Waals surface area contributed by atoms with Crippen molar-refractivity contribution in [3.63, 3.8) is 0 Å². The van der Waals surface area contributed by atoms with Gasteiger partial charge < -0.3 is 11.1 Å². The maximum absolute atomic E-state index is 13.5. The molecule has 1 aromatic carbocycles. The van der Waals surface area contributed by atoms with Gasteiger partial charge in [0.15, 0.2) is 0 Å². The van der Waals surface area contributed by atoms with Crippen molar-refractivity contribution in [2.45, 2.75) is 13.5 Å². The fraction of sp³-hybridized carbons (Fsp3) is 0.154. The predicted molar refractivity (Wildman–Crippen MR) is 67.1 cm³/mol. The number of nitrogens with zero attached hydrogens (tertiary/aromatic N) is 1. The number of rotatable bonds is 3. The van der Waals surface area contributed by atoms with Gasteiger partial charge in [0.05, 0.1) is 17.9 Å². The zero-order valence-electron chi connectivity index (χ0n) is 9.57. The van der Waals surface area contributed by atoms with Gasteiger partial charge in [0.1, 0.15) is 5.82 Å². The Bertz CT molecular complexity index is 526. The van der Waals surface area contributed by atoms with Crippen LogP contribution in [0.2, 0.25) is 0 Å². The summed E-state index contributed by atoms with van der Waals surface area (Å²) >= 11 is 0. The zero-order valence-corrected chi connectivity index (χ0v) is 9.57. The molecule has 0 unspecified atom stereocenters. The Morgan fingerprint density at radius 2 is 2.12 bits per heavy atom. The first-order chi connectivity index (χ1) is 8.15. The minimum Gasteiger partial charge on any atom is -0.399 e. The fourth-order valence-electron chi connectivity index (χ4n) is 1.56. The molecule has 3 nitrogen and oxygen atoms in total. The first-order valence-electron chi connectivity index (χ1n) is 5.36. The monoisotopic (exact) mass is 231 g/mol. The van der Waals surface area contributed by atoms with Gasteiger partial charge in [-0.15, -0.1) is 0 Å². The van der Waals surface area contributed by atoms with Gasteiger partial charge in [0.25, 0.3) is 0 Å². The van der Waals surface area contributed by atoms with Crippen LogP contribution in [0.1, 0.15) is 11.4 Å². The molecule has 3 N–H and O–H groups in total. The van der Waals surface area contributed by atoms with Crippen LogP contribution >= 0.6 is 0 Å². The van der Waals surface area contributed by atoms with Gasteiger partial charge in [-0.2, -0.15) is 0 Å². The van der Waals surface area contributed by atoms with E-state index in [9.17, 15) is 4.39 Å². The maximum atomic E-state index is 13.5. The van der Waals surface area contributed by atoms with Crippen molar-refractivity contribution >= 4 is 11.4 Å². The van der Waals surface area contributed by atoms with Crippen molar-refractivity contribution in [1.82, 2.24) is 4.98 Å². The third kappa shape index (κ3) is 2.93. The molecule has 1 aromatic heterocycles. The van der Waals surface area contributed by atoms with Crippen LogP contribution in [-0.4, -0.2) is 4.98 Å². The van der Waals surface area contributed by atoms with Crippen molar-refractivity contribution in [2.24, 2.45) is 0 Å². The summed E-state index contributed by atoms with van der Waals surface area (Å²) in [6.45, 7) is 2.41. The number of pyridine rings is 1. The molecule has 1 heterocycles. The molecule has 0 fully saturated rings. The smallest absolute Gasteiger partial charge is 0.148 e. The lowest BCUT2D eigenvalue weighted by Gasteiger charge is -2.08. The van der Waals surface area contributed by atoms with Crippen LogP contribution in [0, 0.1) is 12.7 Å². The van der Waals surface area contributed by atoms with Gasteiger partial charge in [-0.3, -0.25) is 4.98 Å². The summed E-state index contributed by atoms with van der Waals surface area (Å²) in [7, 11) is 0. The van der Waals surface area contributed by atoms with Crippen molar-refractivity contribution in [2.75, 3.05) is 11.1 Å². The molecular formula is C13H14FN3. The standard InChI is InChI=1S/C13H14FN3/c1-9-3-2-4-11(17-9)8-16-13-6-5-10(15)7-12(13)14/h2-7,16H,8,15H2,1H3. The lowest BCUT2D eigenvalue weighted by molar-refractivity contribution is 0.630. The Morgan fingerprint density at radius 3 is 2.82 bits per heavy atom. The van der Waals surface area contributed by atoms with E-state index in [1.165, 1.54) is 6.07 Å². The Kier molecular flexibility index (Phi) is 3.23. The summed E-state index contributed by atoms with van der Waals surface area (Å²) < 4.78 is 13.5. The average Bonchev–Trinajstić information content (AvgIpc) is 2.28. The molecule has 2 rings (SSSR count). The van der Waals surface area contributed by atoms with Crippen LogP contribution in [0.15, 0.2) is 36.4 Å². The highest BCUT2D eigenvalue weighted by atomic mass is 19.1. The summed E-state index contributed by atoms with van der Waals surface area (Å²) in [5.41, 5.74) is 8.15. The van der Waals surface area contributed by atoms with Gasteiger partial charge in [-0.25, -0.2) is 4.39 Å². The van der Waals surface area contributed by atoms with Crippen LogP contribution in [0.5, 0.6) is 0 Å². The second-order valence-corrected chi connectivity index (χ2v) is 3.86. The minimum absolute atomic E-state index is 0.349. The Balaban J connectivity index is 2.07. The molecule has 4 heteroatoms. The maximum Gasteiger partial charge on any atom is 0.148 e. The van der Waals surface area contributed by atoms with E-state index in [-0.39, 0.29) is 5.82 Å². The topological polar surface area (TPSA) is 50.9 Å². The number of anilines is 2. The van der Waals surface area contributed by atoms with Gasteiger partial charge in [-0.1, -0.05) is 6.07 Å². The molecule has 0 saturated heterocycles. The number of halogens is 1. The SMILES string of the molecule is Cc1cccc(CNc2ccc(N)cc2F)n1. The van der Waals surface area contributed by atoms with Crippen molar-refractivity contribution in [3.05, 3.63) is 53.6 Å². The predicted octanol–water partition coefficient (Wildman–Crippen LogP) is 2.72. The molecule has 0 aliphatic heterocycles. The summed E-state index contributed by atoms with van der Waals surface area (Å²) in [6, 6.07) is 10.3. The molecule has 0 aliphatic rings. The number of hydrogen-bond acceptors (Lipinski definition) is 3. The number of aryl methyl sites for hydroxylation is 1. The highest BCUT2D eigenvalue weighted by Gasteiger charge is 2.02. The first kappa shape index (κ1) is 11.4. The lowest BCUT2D eigenvalue weighted by Crippen LogP contribution is -2.04. The fourth-order valence-corrected chi connectivity index (χ4v) is 1.56. The summed E-state index contributed by atoms with van der Waals surface area (Å²) in [5.74, 6) is -0.349. The molecule has 0 amide bonds. The number of nitrogen functional groups attached to an aromatic ring is 1. The number of nitrogens with two attached hydrogens (primary N) is 1. The summed E-state index contributed by atoms with van der Waals surface area (Å²) in [6.07, 6.45) is 0. The van der Waals surface area contributed by atoms with E-state index in [2.05, 4.69) is 10.3 Å². The van der Waals surface area contributed by atoms with Gasteiger partial charge in [-0.05, 0) is 37.3 Å². The second kappa shape index (κ2) is 4.82. The number of hydrogen-bond donors (Lipinski definition) is 2. The molecule has 0 atom stereocenters. The van der Waals surface area contributed by atoms with Gasteiger partial charge in [0.2, 0.25) is 0 Å². The molecule has 17 heavy (non-hydrogen) atoms. The summed E-state index contributed by atoms with van der Waals surface area (Å²) in [4.78, 5) is 4.33. The van der Waals surface area contributed by atoms with Gasteiger partial charge >= 0.3 is 0 Å². The summed E-state index contributed by atoms with van der Waals surface area (Å²) in [5, 5.41) is 2.99. The molecule has 2 aromatic rings. The van der Waals surface area contributed by atoms with E-state index >= 15 is 0 Å². The number of aromatic nitrogens is 1. The normalized spacial score (nSPS) is 10.2. The molecule has 0 aliphatic carbocycles. The van der Waals surface area contributed by atoms with Crippen molar-refractivity contribution in [3.8, 4) is 0 Å². The molecular weight excluding hydrogens is 217 g/mol. The Morgan fingerprint density at radius 1 is 1.29 bits per heavy atom. The molecule has 88 valence electrons. The molecule has 0 radical (unpaired) electrons. The third-order valence-corrected chi connectivity index (χ3v) is 2.40. The van der Waals surface area contributed by atoms with Crippen molar-refractivity contribution < 1.29 is 4.39 Å². The van der Waals surface area contributed by atoms with E-state index in [4.69, 9.17) is 5.73 Å². The average molecular weight is 231 g/mol. The van der Waals surface area contributed by atoms with Gasteiger partial charge in [0, 0.05) is 11.4 Å². The van der Waals surface area contributed by atoms with Crippen LogP contribution in [0.3, 0.4) is 0 Å². The highest BCUT2D eigenvalue weighted by molar-refractivity contribution is 5.52. The number of benzene rings is 1. The van der Waals surface area contributed by atoms with Crippen LogP contribution in [0.4, 0.5) is 15.8 Å². The first-order valence-corrected chi connectivity index (χ1v) is 5.36. The van der Waals surface area contributed by atoms with E-state index in [0.29, 0.717) is 17.9 Å². The second-order valence-electron chi connectivity index (χ2n) is 3.86. The van der Waals surface area contributed by atoms with Crippen LogP contribution < -0.4 is 11.1 Å². The van der Waals surface area contributed by atoms with E-state index in [1.54, 1.807) is 12.1 Å². The van der Waals surface area contributed by atoms with E-state index in [0.717, 1.165) is 11.4 Å². The van der Waals surface area contributed by atoms with Crippen molar-refractivity contribution in [1.29, 1.82) is 0 Å². The Hall–Kier alpha value is -2.10. The lowest BCUT2D eigenvalue weighted by atomic mass is 10.2. The largest absolute Gasteiger partial charge is 0.399 e. The van der Waals surface area contributed by atoms with Crippen LogP contribution in [-0.2, 0) is 6.54 Å². The van der Waals surface area contributed by atoms with E-state index in [1.807, 2.05) is 25.1 Å². The minimum atomic E-state index is -0.349. The quantitative estimate of drug-likeness (QED) is 0.798. The molecule has 0 saturated carbocycles.